The minimum atomic E-state index is -0.893. The predicted molar refractivity (Wildman–Crippen MR) is 149 cm³/mol. The summed E-state index contributed by atoms with van der Waals surface area (Å²) in [4.78, 5) is 25.4. The third kappa shape index (κ3) is 6.62. The summed E-state index contributed by atoms with van der Waals surface area (Å²) in [6.07, 6.45) is 0.540. The van der Waals surface area contributed by atoms with Crippen LogP contribution in [0.5, 0.6) is 17.2 Å². The molecule has 0 aliphatic carbocycles. The van der Waals surface area contributed by atoms with Gasteiger partial charge in [0.2, 0.25) is 0 Å². The van der Waals surface area contributed by atoms with E-state index in [9.17, 15) is 9.59 Å². The van der Waals surface area contributed by atoms with Gasteiger partial charge in [0.15, 0.2) is 6.10 Å². The van der Waals surface area contributed by atoms with Crippen LogP contribution in [0.1, 0.15) is 29.8 Å². The molecule has 0 aromatic heterocycles. The lowest BCUT2D eigenvalue weighted by Crippen LogP contribution is -2.33. The van der Waals surface area contributed by atoms with Gasteiger partial charge < -0.3 is 14.2 Å². The summed E-state index contributed by atoms with van der Waals surface area (Å²) in [5.74, 6) is 0.234. The Bertz CT molecular complexity index is 1490. The van der Waals surface area contributed by atoms with Gasteiger partial charge in [-0.3, -0.25) is 4.79 Å². The molecule has 0 fully saturated rings. The highest BCUT2D eigenvalue weighted by Gasteiger charge is 2.17. The Labute approximate surface area is 229 Å². The van der Waals surface area contributed by atoms with E-state index in [1.165, 1.54) is 12.3 Å². The van der Waals surface area contributed by atoms with Crippen LogP contribution < -0.4 is 19.6 Å². The maximum absolute atomic E-state index is 12.9. The Hall–Kier alpha value is -4.07. The standard InChI is InChI=1S/C29H24Cl2N2O5/c1-3-36-22-12-8-20(9-13-22)29(35)38-26-14-10-19-6-4-5-7-23(19)24(26)17-32-33-28(34)18(2)37-27-15-11-21(30)16-25(27)31/h4-18H,3H2,1-2H3,(H,33,34)/b32-17-/t18-/m0/s1. The number of ether oxygens (including phenoxy) is 3. The normalized spacial score (nSPS) is 11.8. The van der Waals surface area contributed by atoms with E-state index in [0.717, 1.165) is 10.8 Å². The fourth-order valence-corrected chi connectivity index (χ4v) is 4.03. The molecule has 0 saturated heterocycles. The number of carbonyl (C=O) groups excluding carboxylic acids is 2. The molecule has 7 nitrogen and oxygen atoms in total. The van der Waals surface area contributed by atoms with Crippen molar-refractivity contribution < 1.29 is 23.8 Å². The van der Waals surface area contributed by atoms with Gasteiger partial charge in [-0.2, -0.15) is 5.10 Å². The molecular weight excluding hydrogens is 527 g/mol. The third-order valence-corrected chi connectivity index (χ3v) is 6.00. The van der Waals surface area contributed by atoms with Crippen molar-refractivity contribution in [3.8, 4) is 17.2 Å². The van der Waals surface area contributed by atoms with Gasteiger partial charge >= 0.3 is 5.97 Å². The molecule has 0 radical (unpaired) electrons. The topological polar surface area (TPSA) is 86.2 Å². The first-order chi connectivity index (χ1) is 18.4. The zero-order valence-electron chi connectivity index (χ0n) is 20.6. The van der Waals surface area contributed by atoms with E-state index in [1.54, 1.807) is 49.4 Å². The number of rotatable bonds is 9. The number of hydrogen-bond donors (Lipinski definition) is 1. The van der Waals surface area contributed by atoms with Crippen LogP contribution in [0.3, 0.4) is 0 Å². The molecule has 0 saturated carbocycles. The van der Waals surface area contributed by atoms with E-state index in [4.69, 9.17) is 37.4 Å². The summed E-state index contributed by atoms with van der Waals surface area (Å²) < 4.78 is 16.8. The first kappa shape index (κ1) is 27.0. The number of nitrogens with one attached hydrogen (secondary N) is 1. The van der Waals surface area contributed by atoms with Crippen molar-refractivity contribution in [2.24, 2.45) is 5.10 Å². The average Bonchev–Trinajstić information content (AvgIpc) is 2.91. The zero-order chi connectivity index (χ0) is 27.1. The number of hydrazone groups is 1. The number of benzene rings is 4. The van der Waals surface area contributed by atoms with Crippen LogP contribution in [0.2, 0.25) is 10.0 Å². The van der Waals surface area contributed by atoms with Gasteiger partial charge in [0.25, 0.3) is 5.91 Å². The summed E-state index contributed by atoms with van der Waals surface area (Å²) in [6, 6.07) is 22.5. The van der Waals surface area contributed by atoms with Crippen molar-refractivity contribution >= 4 is 52.1 Å². The molecular formula is C29H24Cl2N2O5. The number of nitrogens with zero attached hydrogens (tertiary/aromatic N) is 1. The molecule has 0 unspecified atom stereocenters. The predicted octanol–water partition coefficient (Wildman–Crippen LogP) is 6.68. The molecule has 4 aromatic rings. The highest BCUT2D eigenvalue weighted by molar-refractivity contribution is 6.35. The minimum Gasteiger partial charge on any atom is -0.494 e. The quantitative estimate of drug-likeness (QED) is 0.109. The van der Waals surface area contributed by atoms with Crippen molar-refractivity contribution in [1.29, 1.82) is 0 Å². The number of halogens is 2. The van der Waals surface area contributed by atoms with Crippen LogP contribution in [0.15, 0.2) is 84.0 Å². The molecule has 194 valence electrons. The van der Waals surface area contributed by atoms with Gasteiger partial charge in [-0.05, 0) is 73.2 Å². The Balaban J connectivity index is 1.51. The van der Waals surface area contributed by atoms with Crippen molar-refractivity contribution in [2.75, 3.05) is 6.61 Å². The van der Waals surface area contributed by atoms with Crippen LogP contribution in [0, 0.1) is 0 Å². The first-order valence-electron chi connectivity index (χ1n) is 11.8. The monoisotopic (exact) mass is 550 g/mol. The molecule has 4 rings (SSSR count). The SMILES string of the molecule is CCOc1ccc(C(=O)Oc2ccc3ccccc3c2/C=N\NC(=O)[C@H](C)Oc2ccc(Cl)cc2Cl)cc1. The van der Waals surface area contributed by atoms with Gasteiger partial charge in [0, 0.05) is 10.6 Å². The van der Waals surface area contributed by atoms with Gasteiger partial charge in [0.1, 0.15) is 17.2 Å². The maximum Gasteiger partial charge on any atom is 0.343 e. The molecule has 9 heteroatoms. The lowest BCUT2D eigenvalue weighted by Gasteiger charge is -2.14. The molecule has 4 aromatic carbocycles. The minimum absolute atomic E-state index is 0.287. The summed E-state index contributed by atoms with van der Waals surface area (Å²) in [5.41, 5.74) is 3.35. The van der Waals surface area contributed by atoms with Crippen LogP contribution in [-0.4, -0.2) is 30.8 Å². The number of hydrogen-bond acceptors (Lipinski definition) is 6. The lowest BCUT2D eigenvalue weighted by molar-refractivity contribution is -0.127. The summed E-state index contributed by atoms with van der Waals surface area (Å²) in [6.45, 7) is 3.98. The van der Waals surface area contributed by atoms with Gasteiger partial charge in [-0.15, -0.1) is 0 Å². The van der Waals surface area contributed by atoms with Gasteiger partial charge in [-0.25, -0.2) is 10.2 Å². The van der Waals surface area contributed by atoms with Crippen molar-refractivity contribution in [3.05, 3.63) is 100 Å². The molecule has 38 heavy (non-hydrogen) atoms. The van der Waals surface area contributed by atoms with E-state index in [2.05, 4.69) is 10.5 Å². The van der Waals surface area contributed by atoms with E-state index < -0.39 is 18.0 Å². The van der Waals surface area contributed by atoms with E-state index in [-0.39, 0.29) is 10.8 Å². The van der Waals surface area contributed by atoms with Crippen LogP contribution in [-0.2, 0) is 4.79 Å². The smallest absolute Gasteiger partial charge is 0.343 e. The van der Waals surface area contributed by atoms with Gasteiger partial charge in [-0.1, -0.05) is 53.5 Å². The molecule has 1 atom stereocenters. The number of fused-ring (bicyclic) bond motifs is 1. The Morgan fingerprint density at radius 1 is 0.974 bits per heavy atom. The largest absolute Gasteiger partial charge is 0.494 e. The number of esters is 1. The highest BCUT2D eigenvalue weighted by Crippen LogP contribution is 2.29. The molecule has 0 aliphatic heterocycles. The summed E-state index contributed by atoms with van der Waals surface area (Å²) >= 11 is 12.0. The highest BCUT2D eigenvalue weighted by atomic mass is 35.5. The Morgan fingerprint density at radius 2 is 1.71 bits per heavy atom. The van der Waals surface area contributed by atoms with Crippen LogP contribution in [0.4, 0.5) is 0 Å². The summed E-state index contributed by atoms with van der Waals surface area (Å²) in [5, 5.41) is 6.54. The first-order valence-corrected chi connectivity index (χ1v) is 12.5. The molecule has 0 spiro atoms. The van der Waals surface area contributed by atoms with Crippen molar-refractivity contribution in [1.82, 2.24) is 5.43 Å². The van der Waals surface area contributed by atoms with E-state index >= 15 is 0 Å². The molecule has 1 amide bonds. The molecule has 0 bridgehead atoms. The van der Waals surface area contributed by atoms with Crippen LogP contribution in [0.25, 0.3) is 10.8 Å². The third-order valence-electron chi connectivity index (χ3n) is 5.47. The summed E-state index contributed by atoms with van der Waals surface area (Å²) in [7, 11) is 0. The average molecular weight is 551 g/mol. The fourth-order valence-electron chi connectivity index (χ4n) is 3.58. The van der Waals surface area contributed by atoms with E-state index in [0.29, 0.717) is 34.3 Å². The van der Waals surface area contributed by atoms with E-state index in [1.807, 2.05) is 37.3 Å². The van der Waals surface area contributed by atoms with Gasteiger partial charge in [0.05, 0.1) is 23.4 Å². The molecule has 1 N–H and O–H groups in total. The van der Waals surface area contributed by atoms with Crippen molar-refractivity contribution in [2.45, 2.75) is 20.0 Å². The molecule has 0 aliphatic rings. The number of amides is 1. The number of carbonyl (C=O) groups is 2. The maximum atomic E-state index is 12.9. The second-order valence-electron chi connectivity index (χ2n) is 8.11. The fraction of sp³-hybridized carbons (Fsp3) is 0.138. The second-order valence-corrected chi connectivity index (χ2v) is 8.96. The van der Waals surface area contributed by atoms with Crippen LogP contribution >= 0.6 is 23.2 Å². The lowest BCUT2D eigenvalue weighted by atomic mass is 10.0. The Kier molecular flexibility index (Phi) is 8.84. The second kappa shape index (κ2) is 12.4. The zero-order valence-corrected chi connectivity index (χ0v) is 22.1. The van der Waals surface area contributed by atoms with Crippen molar-refractivity contribution in [3.63, 3.8) is 0 Å². The molecule has 0 heterocycles. The Morgan fingerprint density at radius 3 is 2.45 bits per heavy atom.